The molecule has 2 N–H and O–H groups in total. The predicted molar refractivity (Wildman–Crippen MR) is 81.4 cm³/mol. The molecule has 0 saturated heterocycles. The van der Waals surface area contributed by atoms with Gasteiger partial charge in [-0.15, -0.1) is 0 Å². The number of carbonyl (C=O) groups is 1. The third kappa shape index (κ3) is 6.69. The van der Waals surface area contributed by atoms with Crippen LogP contribution in [-0.4, -0.2) is 41.1 Å². The Balaban J connectivity index is 2.57. The molecule has 21 heavy (non-hydrogen) atoms. The van der Waals surface area contributed by atoms with Gasteiger partial charge in [-0.2, -0.15) is 0 Å². The fourth-order valence-corrected chi connectivity index (χ4v) is 2.00. The highest BCUT2D eigenvalue weighted by Crippen LogP contribution is 2.14. The van der Waals surface area contributed by atoms with Gasteiger partial charge in [-0.3, -0.25) is 9.69 Å². The zero-order chi connectivity index (χ0) is 16.0. The van der Waals surface area contributed by atoms with Crippen molar-refractivity contribution in [2.24, 2.45) is 0 Å². The molecule has 1 amide bonds. The molecule has 0 heterocycles. The molecule has 0 spiro atoms. The van der Waals surface area contributed by atoms with E-state index in [2.05, 4.69) is 5.32 Å². The van der Waals surface area contributed by atoms with Gasteiger partial charge in [0, 0.05) is 12.1 Å². The molecule has 1 rings (SSSR count). The van der Waals surface area contributed by atoms with Crippen molar-refractivity contribution in [1.29, 1.82) is 0 Å². The number of rotatable bonds is 6. The van der Waals surface area contributed by atoms with E-state index < -0.39 is 6.10 Å². The smallest absolute Gasteiger partial charge is 0.234 e. The predicted octanol–water partition coefficient (Wildman–Crippen LogP) is 2.10. The van der Waals surface area contributed by atoms with Gasteiger partial charge in [0.15, 0.2) is 0 Å². The largest absolute Gasteiger partial charge is 0.387 e. The molecular formula is C16H25FN2O2. The van der Waals surface area contributed by atoms with Crippen LogP contribution in [0.1, 0.15) is 39.4 Å². The summed E-state index contributed by atoms with van der Waals surface area (Å²) in [5.74, 6) is -0.404. The Bertz CT molecular complexity index is 454. The first kappa shape index (κ1) is 17.6. The van der Waals surface area contributed by atoms with E-state index in [-0.39, 0.29) is 23.8 Å². The van der Waals surface area contributed by atoms with E-state index in [1.807, 2.05) is 32.6 Å². The first-order chi connectivity index (χ1) is 9.71. The van der Waals surface area contributed by atoms with Gasteiger partial charge in [-0.05, 0) is 45.0 Å². The number of benzene rings is 1. The second-order valence-electron chi connectivity index (χ2n) is 6.19. The first-order valence-corrected chi connectivity index (χ1v) is 7.18. The SMILES string of the molecule is CCN(CC(=O)NC(C)(C)C)CC(O)c1ccc(F)cc1. The molecule has 4 nitrogen and oxygen atoms in total. The number of nitrogens with zero attached hydrogens (tertiary/aromatic N) is 1. The van der Waals surface area contributed by atoms with Crippen LogP contribution in [0.25, 0.3) is 0 Å². The van der Waals surface area contributed by atoms with Crippen LogP contribution in [0.2, 0.25) is 0 Å². The number of likely N-dealkylation sites (N-methyl/N-ethyl adjacent to an activating group) is 1. The van der Waals surface area contributed by atoms with Crippen LogP contribution in [0, 0.1) is 5.82 Å². The van der Waals surface area contributed by atoms with Crippen LogP contribution in [0.4, 0.5) is 4.39 Å². The Morgan fingerprint density at radius 2 is 1.90 bits per heavy atom. The quantitative estimate of drug-likeness (QED) is 0.845. The van der Waals surface area contributed by atoms with E-state index in [4.69, 9.17) is 0 Å². The van der Waals surface area contributed by atoms with Crippen molar-refractivity contribution in [2.75, 3.05) is 19.6 Å². The lowest BCUT2D eigenvalue weighted by Gasteiger charge is -2.26. The average molecular weight is 296 g/mol. The number of halogens is 1. The fraction of sp³-hybridized carbons (Fsp3) is 0.562. The number of aliphatic hydroxyl groups excluding tert-OH is 1. The summed E-state index contributed by atoms with van der Waals surface area (Å²) in [7, 11) is 0. The number of aliphatic hydroxyl groups is 1. The lowest BCUT2D eigenvalue weighted by Crippen LogP contribution is -2.46. The number of nitrogens with one attached hydrogen (secondary N) is 1. The second-order valence-corrected chi connectivity index (χ2v) is 6.19. The molecule has 1 aromatic rings. The fourth-order valence-electron chi connectivity index (χ4n) is 2.00. The molecule has 118 valence electrons. The van der Waals surface area contributed by atoms with Gasteiger partial charge >= 0.3 is 0 Å². The summed E-state index contributed by atoms with van der Waals surface area (Å²) < 4.78 is 12.9. The van der Waals surface area contributed by atoms with Gasteiger partial charge in [-0.25, -0.2) is 4.39 Å². The molecule has 0 aliphatic carbocycles. The molecule has 5 heteroatoms. The van der Waals surface area contributed by atoms with Crippen molar-refractivity contribution < 1.29 is 14.3 Å². The summed E-state index contributed by atoms with van der Waals surface area (Å²) in [6.45, 7) is 8.92. The molecule has 0 aliphatic heterocycles. The minimum atomic E-state index is -0.743. The molecule has 0 fully saturated rings. The molecule has 1 unspecified atom stereocenters. The first-order valence-electron chi connectivity index (χ1n) is 7.18. The zero-order valence-corrected chi connectivity index (χ0v) is 13.2. The van der Waals surface area contributed by atoms with Gasteiger partial charge in [0.1, 0.15) is 5.82 Å². The van der Waals surface area contributed by atoms with Crippen molar-refractivity contribution in [3.63, 3.8) is 0 Å². The summed E-state index contributed by atoms with van der Waals surface area (Å²) in [5, 5.41) is 13.1. The van der Waals surface area contributed by atoms with Crippen LogP contribution in [0.15, 0.2) is 24.3 Å². The summed E-state index contributed by atoms with van der Waals surface area (Å²) in [4.78, 5) is 13.8. The highest BCUT2D eigenvalue weighted by Gasteiger charge is 2.18. The Hall–Kier alpha value is -1.46. The van der Waals surface area contributed by atoms with Gasteiger partial charge in [0.05, 0.1) is 12.6 Å². The number of hydrogen-bond acceptors (Lipinski definition) is 3. The Morgan fingerprint density at radius 3 is 2.38 bits per heavy atom. The standard InChI is InChI=1S/C16H25FN2O2/c1-5-19(11-15(21)18-16(2,3)4)10-14(20)12-6-8-13(17)9-7-12/h6-9,14,20H,5,10-11H2,1-4H3,(H,18,21). The van der Waals surface area contributed by atoms with Crippen molar-refractivity contribution >= 4 is 5.91 Å². The van der Waals surface area contributed by atoms with Crippen LogP contribution in [-0.2, 0) is 4.79 Å². The van der Waals surface area contributed by atoms with Crippen molar-refractivity contribution in [1.82, 2.24) is 10.2 Å². The molecule has 1 atom stereocenters. The summed E-state index contributed by atoms with van der Waals surface area (Å²) in [5.41, 5.74) is 0.373. The molecule has 0 aromatic heterocycles. The number of hydrogen-bond donors (Lipinski definition) is 2. The molecule has 0 bridgehead atoms. The molecular weight excluding hydrogens is 271 g/mol. The lowest BCUT2D eigenvalue weighted by molar-refractivity contribution is -0.123. The van der Waals surface area contributed by atoms with Gasteiger partial charge in [0.25, 0.3) is 0 Å². The van der Waals surface area contributed by atoms with E-state index in [1.54, 1.807) is 12.1 Å². The van der Waals surface area contributed by atoms with Crippen LogP contribution in [0.5, 0.6) is 0 Å². The lowest BCUT2D eigenvalue weighted by atomic mass is 10.1. The second kappa shape index (κ2) is 7.52. The normalized spacial score (nSPS) is 13.3. The molecule has 0 radical (unpaired) electrons. The monoisotopic (exact) mass is 296 g/mol. The van der Waals surface area contributed by atoms with Crippen LogP contribution < -0.4 is 5.32 Å². The third-order valence-corrected chi connectivity index (χ3v) is 3.01. The minimum Gasteiger partial charge on any atom is -0.387 e. The highest BCUT2D eigenvalue weighted by atomic mass is 19.1. The summed E-state index contributed by atoms with van der Waals surface area (Å²) >= 11 is 0. The van der Waals surface area contributed by atoms with E-state index >= 15 is 0 Å². The summed E-state index contributed by atoms with van der Waals surface area (Å²) in [6.07, 6.45) is -0.743. The number of carbonyl (C=O) groups excluding carboxylic acids is 1. The van der Waals surface area contributed by atoms with Gasteiger partial charge in [0.2, 0.25) is 5.91 Å². The average Bonchev–Trinajstić information content (AvgIpc) is 2.36. The Labute approximate surface area is 126 Å². The van der Waals surface area contributed by atoms with Crippen molar-refractivity contribution in [2.45, 2.75) is 39.3 Å². The van der Waals surface area contributed by atoms with E-state index in [0.29, 0.717) is 18.7 Å². The van der Waals surface area contributed by atoms with E-state index in [9.17, 15) is 14.3 Å². The maximum Gasteiger partial charge on any atom is 0.234 e. The van der Waals surface area contributed by atoms with Gasteiger partial charge < -0.3 is 10.4 Å². The molecule has 0 saturated carbocycles. The van der Waals surface area contributed by atoms with Crippen molar-refractivity contribution in [3.05, 3.63) is 35.6 Å². The van der Waals surface area contributed by atoms with Crippen LogP contribution in [0.3, 0.4) is 0 Å². The maximum absolute atomic E-state index is 12.9. The minimum absolute atomic E-state index is 0.0735. The highest BCUT2D eigenvalue weighted by molar-refractivity contribution is 5.78. The third-order valence-electron chi connectivity index (χ3n) is 3.01. The number of amides is 1. The molecule has 0 aliphatic rings. The maximum atomic E-state index is 12.9. The Kier molecular flexibility index (Phi) is 6.30. The topological polar surface area (TPSA) is 52.6 Å². The summed E-state index contributed by atoms with van der Waals surface area (Å²) in [6, 6.07) is 5.76. The zero-order valence-electron chi connectivity index (χ0n) is 13.2. The molecule has 1 aromatic carbocycles. The van der Waals surface area contributed by atoms with Gasteiger partial charge in [-0.1, -0.05) is 19.1 Å². The van der Waals surface area contributed by atoms with E-state index in [0.717, 1.165) is 0 Å². The van der Waals surface area contributed by atoms with Crippen molar-refractivity contribution in [3.8, 4) is 0 Å². The Morgan fingerprint density at radius 1 is 1.33 bits per heavy atom. The van der Waals surface area contributed by atoms with E-state index in [1.165, 1.54) is 12.1 Å². The van der Waals surface area contributed by atoms with Crippen LogP contribution >= 0.6 is 0 Å².